The Hall–Kier alpha value is -2.36. The number of benzene rings is 2. The number of fused-ring (bicyclic) bond motifs is 3. The summed E-state index contributed by atoms with van der Waals surface area (Å²) in [7, 11) is 0. The lowest BCUT2D eigenvalue weighted by Crippen LogP contribution is -2.33. The van der Waals surface area contributed by atoms with Crippen LogP contribution in [0.15, 0.2) is 35.5 Å². The Balaban J connectivity index is 1.66. The predicted molar refractivity (Wildman–Crippen MR) is 97.8 cm³/mol. The zero-order valence-corrected chi connectivity index (χ0v) is 14.7. The smallest absolute Gasteiger partial charge is 0.123 e. The molecular formula is C21H23NO3. The first-order chi connectivity index (χ1) is 12.0. The molecule has 0 fully saturated rings. The fourth-order valence-corrected chi connectivity index (χ4v) is 4.27. The van der Waals surface area contributed by atoms with Crippen LogP contribution in [0.4, 0.5) is 5.69 Å². The maximum absolute atomic E-state index is 11.1. The molecule has 1 aliphatic heterocycles. The van der Waals surface area contributed by atoms with E-state index in [1.54, 1.807) is 6.07 Å². The van der Waals surface area contributed by atoms with Crippen molar-refractivity contribution in [1.82, 2.24) is 0 Å². The minimum absolute atomic E-state index is 0.0865. The number of hydrogen-bond acceptors (Lipinski definition) is 4. The van der Waals surface area contributed by atoms with Crippen molar-refractivity contribution in [3.63, 3.8) is 0 Å². The monoisotopic (exact) mass is 337 g/mol. The van der Waals surface area contributed by atoms with Gasteiger partial charge in [0, 0.05) is 6.07 Å². The first-order valence-electron chi connectivity index (χ1n) is 8.96. The van der Waals surface area contributed by atoms with Gasteiger partial charge < -0.3 is 9.84 Å². The summed E-state index contributed by atoms with van der Waals surface area (Å²) in [5.74, 6) is 1.39. The average molecular weight is 337 g/mol. The fourth-order valence-electron chi connectivity index (χ4n) is 4.27. The molecule has 0 aromatic heterocycles. The van der Waals surface area contributed by atoms with E-state index in [1.165, 1.54) is 22.8 Å². The molecule has 0 saturated carbocycles. The van der Waals surface area contributed by atoms with E-state index < -0.39 is 0 Å². The summed E-state index contributed by atoms with van der Waals surface area (Å²) < 4.78 is 6.16. The van der Waals surface area contributed by atoms with Gasteiger partial charge in [-0.15, -0.1) is 4.91 Å². The zero-order chi connectivity index (χ0) is 17.6. The van der Waals surface area contributed by atoms with Gasteiger partial charge in [-0.1, -0.05) is 12.1 Å². The molecule has 130 valence electrons. The largest absolute Gasteiger partial charge is 0.508 e. The van der Waals surface area contributed by atoms with Gasteiger partial charge in [-0.05, 0) is 91.4 Å². The first kappa shape index (κ1) is 16.1. The minimum Gasteiger partial charge on any atom is -0.508 e. The van der Waals surface area contributed by atoms with Crippen LogP contribution in [0.1, 0.15) is 54.9 Å². The van der Waals surface area contributed by atoms with Crippen molar-refractivity contribution >= 4 is 5.69 Å². The van der Waals surface area contributed by atoms with Gasteiger partial charge in [0.05, 0.1) is 0 Å². The third-order valence-corrected chi connectivity index (χ3v) is 5.61. The van der Waals surface area contributed by atoms with E-state index in [4.69, 9.17) is 4.74 Å². The molecule has 2 aromatic rings. The second-order valence-electron chi connectivity index (χ2n) is 7.82. The Labute approximate surface area is 147 Å². The highest BCUT2D eigenvalue weighted by Gasteiger charge is 2.31. The third kappa shape index (κ3) is 2.90. The summed E-state index contributed by atoms with van der Waals surface area (Å²) in [6, 6.07) is 9.22. The van der Waals surface area contributed by atoms with Crippen LogP contribution >= 0.6 is 0 Å². The van der Waals surface area contributed by atoms with Crippen molar-refractivity contribution in [3.05, 3.63) is 57.5 Å². The van der Waals surface area contributed by atoms with Gasteiger partial charge >= 0.3 is 0 Å². The molecule has 2 aliphatic rings. The van der Waals surface area contributed by atoms with Crippen molar-refractivity contribution in [2.75, 3.05) is 0 Å². The first-order valence-corrected chi connectivity index (χ1v) is 8.96. The average Bonchev–Trinajstić information content (AvgIpc) is 2.60. The molecule has 1 unspecified atom stereocenters. The number of hydrogen-bond donors (Lipinski definition) is 1. The number of phenolic OH excluding ortho intramolecular Hbond substituents is 1. The van der Waals surface area contributed by atoms with E-state index in [0.29, 0.717) is 5.69 Å². The SMILES string of the molecule is CC1(C)CCc2c(ccc3c2CCC(c2ccc(O)cc2N=O)C3)O1. The van der Waals surface area contributed by atoms with Crippen molar-refractivity contribution in [1.29, 1.82) is 0 Å². The van der Waals surface area contributed by atoms with Crippen LogP contribution in [0.25, 0.3) is 0 Å². The van der Waals surface area contributed by atoms with Crippen LogP contribution in [0.3, 0.4) is 0 Å². The molecule has 0 bridgehead atoms. The molecule has 4 heteroatoms. The van der Waals surface area contributed by atoms with Gasteiger partial charge in [-0.25, -0.2) is 0 Å². The van der Waals surface area contributed by atoms with Crippen molar-refractivity contribution in [3.8, 4) is 11.5 Å². The summed E-state index contributed by atoms with van der Waals surface area (Å²) >= 11 is 0. The Morgan fingerprint density at radius 1 is 1.16 bits per heavy atom. The summed E-state index contributed by atoms with van der Waals surface area (Å²) in [6.45, 7) is 4.29. The number of aromatic hydroxyl groups is 1. The van der Waals surface area contributed by atoms with Gasteiger partial charge in [-0.2, -0.15) is 0 Å². The molecule has 0 saturated heterocycles. The molecule has 25 heavy (non-hydrogen) atoms. The highest BCUT2D eigenvalue weighted by atomic mass is 16.5. The van der Waals surface area contributed by atoms with E-state index >= 15 is 0 Å². The van der Waals surface area contributed by atoms with Gasteiger partial charge in [0.2, 0.25) is 0 Å². The normalized spacial score (nSPS) is 21.0. The number of nitroso groups, excluding NO2 is 1. The van der Waals surface area contributed by atoms with Crippen LogP contribution < -0.4 is 4.74 Å². The molecular weight excluding hydrogens is 314 g/mol. The standard InChI is InChI=1S/C21H23NO3/c1-21(2)10-9-18-16-6-3-14(11-13(16)4-8-20(18)25-21)17-7-5-15(23)12-19(17)22-24/h4-5,7-8,12,14,23H,3,6,9-11H2,1-2H3. The maximum Gasteiger partial charge on any atom is 0.123 e. The predicted octanol–water partition coefficient (Wildman–Crippen LogP) is 5.17. The van der Waals surface area contributed by atoms with Gasteiger partial charge in [-0.3, -0.25) is 0 Å². The van der Waals surface area contributed by atoms with E-state index in [9.17, 15) is 10.0 Å². The Morgan fingerprint density at radius 3 is 2.80 bits per heavy atom. The highest BCUT2D eigenvalue weighted by molar-refractivity contribution is 5.54. The van der Waals surface area contributed by atoms with Crippen LogP contribution in [-0.4, -0.2) is 10.7 Å². The number of rotatable bonds is 2. The van der Waals surface area contributed by atoms with Crippen LogP contribution in [0.2, 0.25) is 0 Å². The molecule has 0 spiro atoms. The molecule has 1 N–H and O–H groups in total. The van der Waals surface area contributed by atoms with Crippen LogP contribution in [0, 0.1) is 4.91 Å². The quantitative estimate of drug-likeness (QED) is 0.769. The van der Waals surface area contributed by atoms with E-state index in [1.807, 2.05) is 6.07 Å². The Morgan fingerprint density at radius 2 is 2.00 bits per heavy atom. The summed E-state index contributed by atoms with van der Waals surface area (Å²) in [6.07, 6.45) is 4.99. The zero-order valence-electron chi connectivity index (χ0n) is 14.7. The van der Waals surface area contributed by atoms with Crippen molar-refractivity contribution < 1.29 is 9.84 Å². The highest BCUT2D eigenvalue weighted by Crippen LogP contribution is 2.43. The lowest BCUT2D eigenvalue weighted by molar-refractivity contribution is 0.0842. The van der Waals surface area contributed by atoms with E-state index in [-0.39, 0.29) is 17.3 Å². The van der Waals surface area contributed by atoms with Crippen molar-refractivity contribution in [2.45, 2.75) is 57.5 Å². The second kappa shape index (κ2) is 5.87. The third-order valence-electron chi connectivity index (χ3n) is 5.61. The number of nitrogens with zero attached hydrogens (tertiary/aromatic N) is 1. The number of phenols is 1. The molecule has 1 atom stereocenters. The van der Waals surface area contributed by atoms with E-state index in [2.05, 4.69) is 31.2 Å². The Bertz CT molecular complexity index is 841. The number of ether oxygens (including phenoxy) is 1. The fraction of sp³-hybridized carbons (Fsp3) is 0.429. The molecule has 0 radical (unpaired) electrons. The molecule has 1 heterocycles. The van der Waals surface area contributed by atoms with Gasteiger partial charge in [0.15, 0.2) is 0 Å². The maximum atomic E-state index is 11.1. The topological polar surface area (TPSA) is 58.9 Å². The van der Waals surface area contributed by atoms with Crippen molar-refractivity contribution in [2.24, 2.45) is 5.18 Å². The molecule has 4 rings (SSSR count). The lowest BCUT2D eigenvalue weighted by Gasteiger charge is -2.36. The lowest BCUT2D eigenvalue weighted by atomic mass is 9.76. The Kier molecular flexibility index (Phi) is 3.78. The molecule has 1 aliphatic carbocycles. The molecule has 0 amide bonds. The summed E-state index contributed by atoms with van der Waals surface area (Å²) in [5, 5.41) is 12.7. The second-order valence-corrected chi connectivity index (χ2v) is 7.82. The summed E-state index contributed by atoms with van der Waals surface area (Å²) in [5.41, 5.74) is 5.36. The minimum atomic E-state index is -0.0883. The van der Waals surface area contributed by atoms with Crippen LogP contribution in [-0.2, 0) is 19.3 Å². The van der Waals surface area contributed by atoms with Crippen LogP contribution in [0.5, 0.6) is 11.5 Å². The van der Waals surface area contributed by atoms with Gasteiger partial charge in [0.1, 0.15) is 22.8 Å². The van der Waals surface area contributed by atoms with E-state index in [0.717, 1.165) is 43.4 Å². The van der Waals surface area contributed by atoms with Gasteiger partial charge in [0.25, 0.3) is 0 Å². The summed E-state index contributed by atoms with van der Waals surface area (Å²) in [4.78, 5) is 11.1. The molecule has 2 aromatic carbocycles. The molecule has 4 nitrogen and oxygen atoms in total.